The van der Waals surface area contributed by atoms with Crippen LogP contribution in [0.3, 0.4) is 0 Å². The normalized spacial score (nSPS) is 12.1. The van der Waals surface area contributed by atoms with E-state index in [1.54, 1.807) is 4.90 Å². The molecule has 0 amide bonds. The average molecular weight is 228 g/mol. The van der Waals surface area contributed by atoms with Crippen molar-refractivity contribution in [3.63, 3.8) is 0 Å². The third-order valence-electron chi connectivity index (χ3n) is 1.63. The zero-order chi connectivity index (χ0) is 11.2. The molecular formula is C8H15F3N2S. The Labute approximate surface area is 87.2 Å². The summed E-state index contributed by atoms with van der Waals surface area (Å²) in [5.41, 5.74) is 5.27. The van der Waals surface area contributed by atoms with E-state index in [9.17, 15) is 13.2 Å². The number of hydrogen-bond donors (Lipinski definition) is 1. The number of halogens is 3. The summed E-state index contributed by atoms with van der Waals surface area (Å²) in [6.07, 6.45) is -4.13. The molecule has 0 saturated heterocycles. The monoisotopic (exact) mass is 228 g/mol. The topological polar surface area (TPSA) is 29.3 Å². The molecular weight excluding hydrogens is 213 g/mol. The van der Waals surface area contributed by atoms with Crippen molar-refractivity contribution in [2.75, 3.05) is 19.6 Å². The summed E-state index contributed by atoms with van der Waals surface area (Å²) in [6.45, 7) is 2.72. The van der Waals surface area contributed by atoms with Crippen molar-refractivity contribution in [2.45, 2.75) is 25.9 Å². The van der Waals surface area contributed by atoms with Gasteiger partial charge in [-0.1, -0.05) is 19.1 Å². The van der Waals surface area contributed by atoms with Gasteiger partial charge in [-0.05, 0) is 13.0 Å². The Hall–Kier alpha value is -0.360. The van der Waals surface area contributed by atoms with Crippen LogP contribution in [0.4, 0.5) is 13.2 Å². The summed E-state index contributed by atoms with van der Waals surface area (Å²) in [4.78, 5) is 1.86. The maximum absolute atomic E-state index is 11.9. The van der Waals surface area contributed by atoms with E-state index in [-0.39, 0.29) is 18.1 Å². The van der Waals surface area contributed by atoms with Gasteiger partial charge in [-0.3, -0.25) is 4.90 Å². The van der Waals surface area contributed by atoms with Gasteiger partial charge in [-0.15, -0.1) is 0 Å². The number of hydrogen-bond acceptors (Lipinski definition) is 2. The van der Waals surface area contributed by atoms with Gasteiger partial charge in [0.05, 0.1) is 11.4 Å². The van der Waals surface area contributed by atoms with E-state index in [1.807, 2.05) is 6.92 Å². The second-order valence-corrected chi connectivity index (χ2v) is 3.63. The largest absolute Gasteiger partial charge is 0.392 e. The minimum absolute atomic E-state index is 0.0331. The molecule has 2 nitrogen and oxygen atoms in total. The molecule has 0 radical (unpaired) electrons. The van der Waals surface area contributed by atoms with Gasteiger partial charge in [0.2, 0.25) is 0 Å². The molecule has 6 heteroatoms. The van der Waals surface area contributed by atoms with E-state index in [2.05, 4.69) is 12.2 Å². The van der Waals surface area contributed by atoms with E-state index < -0.39 is 12.6 Å². The van der Waals surface area contributed by atoms with E-state index in [1.165, 1.54) is 0 Å². The molecule has 0 spiro atoms. The maximum atomic E-state index is 11.9. The maximum Gasteiger partial charge on any atom is 0.390 e. The summed E-state index contributed by atoms with van der Waals surface area (Å²) in [7, 11) is 0. The Morgan fingerprint density at radius 2 is 1.93 bits per heavy atom. The number of alkyl halides is 3. The van der Waals surface area contributed by atoms with Crippen LogP contribution >= 0.6 is 12.2 Å². The minimum atomic E-state index is -4.11. The lowest BCUT2D eigenvalue weighted by molar-refractivity contribution is -0.137. The zero-order valence-electron chi connectivity index (χ0n) is 8.10. The molecule has 84 valence electrons. The fourth-order valence-corrected chi connectivity index (χ4v) is 1.27. The molecule has 0 unspecified atom stereocenters. The minimum Gasteiger partial charge on any atom is -0.392 e. The van der Waals surface area contributed by atoms with Crippen molar-refractivity contribution < 1.29 is 13.2 Å². The number of thiocarbonyl (C=S) groups is 1. The molecule has 0 aliphatic heterocycles. The molecule has 0 saturated carbocycles. The van der Waals surface area contributed by atoms with Crippen LogP contribution in [-0.4, -0.2) is 35.7 Å². The quantitative estimate of drug-likeness (QED) is 0.704. The number of nitrogens with two attached hydrogens (primary N) is 1. The van der Waals surface area contributed by atoms with Crippen LogP contribution in [0.1, 0.15) is 19.8 Å². The molecule has 0 bridgehead atoms. The second-order valence-electron chi connectivity index (χ2n) is 3.11. The standard InChI is InChI=1S/C8H15F3N2S/c1-2-4-13(6-7(12)14)5-3-8(9,10)11/h2-6H2,1H3,(H2,12,14). The van der Waals surface area contributed by atoms with Gasteiger partial charge in [0.25, 0.3) is 0 Å². The Bertz CT molecular complexity index is 182. The van der Waals surface area contributed by atoms with Crippen molar-refractivity contribution in [1.29, 1.82) is 0 Å². The first-order valence-corrected chi connectivity index (χ1v) is 4.83. The summed E-state index contributed by atoms with van der Waals surface area (Å²) in [6, 6.07) is 0. The van der Waals surface area contributed by atoms with Crippen LogP contribution in [0.2, 0.25) is 0 Å². The first-order chi connectivity index (χ1) is 6.35. The van der Waals surface area contributed by atoms with Gasteiger partial charge in [0, 0.05) is 13.1 Å². The Morgan fingerprint density at radius 1 is 1.36 bits per heavy atom. The molecule has 0 rings (SSSR count). The third-order valence-corrected chi connectivity index (χ3v) is 1.76. The van der Waals surface area contributed by atoms with Crippen molar-refractivity contribution in [1.82, 2.24) is 4.90 Å². The van der Waals surface area contributed by atoms with Crippen LogP contribution in [0.5, 0.6) is 0 Å². The van der Waals surface area contributed by atoms with Crippen LogP contribution in [0.15, 0.2) is 0 Å². The molecule has 0 aromatic heterocycles. The van der Waals surface area contributed by atoms with Crippen LogP contribution in [0.25, 0.3) is 0 Å². The number of nitrogens with zero attached hydrogens (tertiary/aromatic N) is 1. The van der Waals surface area contributed by atoms with Gasteiger partial charge in [0.1, 0.15) is 0 Å². The highest BCUT2D eigenvalue weighted by Crippen LogP contribution is 2.19. The Balaban J connectivity index is 3.90. The van der Waals surface area contributed by atoms with Crippen molar-refractivity contribution in [3.05, 3.63) is 0 Å². The molecule has 2 N–H and O–H groups in total. The van der Waals surface area contributed by atoms with Gasteiger partial charge >= 0.3 is 6.18 Å². The summed E-state index contributed by atoms with van der Waals surface area (Å²) < 4.78 is 35.7. The van der Waals surface area contributed by atoms with Gasteiger partial charge in [0.15, 0.2) is 0 Å². The molecule has 0 aromatic rings. The zero-order valence-corrected chi connectivity index (χ0v) is 8.92. The molecule has 0 heterocycles. The highest BCUT2D eigenvalue weighted by molar-refractivity contribution is 7.80. The number of rotatable bonds is 6. The SMILES string of the molecule is CCCN(CCC(F)(F)F)CC(N)=S. The van der Waals surface area contributed by atoms with Crippen LogP contribution in [0, 0.1) is 0 Å². The fourth-order valence-electron chi connectivity index (χ4n) is 1.09. The van der Waals surface area contributed by atoms with Crippen LogP contribution in [-0.2, 0) is 0 Å². The van der Waals surface area contributed by atoms with Gasteiger partial charge in [-0.25, -0.2) is 0 Å². The Kier molecular flexibility index (Phi) is 6.03. The first-order valence-electron chi connectivity index (χ1n) is 4.42. The predicted octanol–water partition coefficient (Wildman–Crippen LogP) is 1.94. The van der Waals surface area contributed by atoms with E-state index in [0.717, 1.165) is 6.42 Å². The van der Waals surface area contributed by atoms with Gasteiger partial charge < -0.3 is 5.73 Å². The summed E-state index contributed by atoms with van der Waals surface area (Å²) in [5.74, 6) is 0. The summed E-state index contributed by atoms with van der Waals surface area (Å²) in [5, 5.41) is 0. The molecule has 0 atom stereocenters. The predicted molar refractivity (Wildman–Crippen MR) is 54.2 cm³/mol. The van der Waals surface area contributed by atoms with Crippen molar-refractivity contribution in [3.8, 4) is 0 Å². The van der Waals surface area contributed by atoms with E-state index >= 15 is 0 Å². The van der Waals surface area contributed by atoms with E-state index in [0.29, 0.717) is 6.54 Å². The lowest BCUT2D eigenvalue weighted by atomic mass is 10.3. The highest BCUT2D eigenvalue weighted by atomic mass is 32.1. The lowest BCUT2D eigenvalue weighted by Gasteiger charge is -2.21. The second kappa shape index (κ2) is 6.19. The smallest absolute Gasteiger partial charge is 0.390 e. The van der Waals surface area contributed by atoms with Crippen LogP contribution < -0.4 is 5.73 Å². The molecule has 0 aliphatic carbocycles. The van der Waals surface area contributed by atoms with Gasteiger partial charge in [-0.2, -0.15) is 13.2 Å². The molecule has 0 aliphatic rings. The summed E-state index contributed by atoms with van der Waals surface area (Å²) >= 11 is 4.65. The molecule has 0 aromatic carbocycles. The fraction of sp³-hybridized carbons (Fsp3) is 0.875. The molecule has 0 fully saturated rings. The lowest BCUT2D eigenvalue weighted by Crippen LogP contribution is -2.35. The van der Waals surface area contributed by atoms with Crippen molar-refractivity contribution >= 4 is 17.2 Å². The first kappa shape index (κ1) is 13.6. The third kappa shape index (κ3) is 8.25. The van der Waals surface area contributed by atoms with E-state index in [4.69, 9.17) is 5.73 Å². The highest BCUT2D eigenvalue weighted by Gasteiger charge is 2.27. The molecule has 14 heavy (non-hydrogen) atoms. The van der Waals surface area contributed by atoms with Crippen molar-refractivity contribution in [2.24, 2.45) is 5.73 Å². The Morgan fingerprint density at radius 3 is 2.29 bits per heavy atom. The average Bonchev–Trinajstić information content (AvgIpc) is 1.98.